The Bertz CT molecular complexity index is 579. The van der Waals surface area contributed by atoms with E-state index in [1.54, 1.807) is 13.3 Å². The molecule has 0 fully saturated rings. The summed E-state index contributed by atoms with van der Waals surface area (Å²) < 4.78 is 5.26. The number of hydrogen-bond acceptors (Lipinski definition) is 4. The van der Waals surface area contributed by atoms with E-state index in [1.807, 2.05) is 12.1 Å². The predicted octanol–water partition coefficient (Wildman–Crippen LogP) is 1.57. The van der Waals surface area contributed by atoms with Crippen molar-refractivity contribution in [3.63, 3.8) is 0 Å². The number of H-pyrrole nitrogens is 1. The normalized spacial score (nSPS) is 12.5. The van der Waals surface area contributed by atoms with Crippen molar-refractivity contribution in [2.45, 2.75) is 32.7 Å². The third-order valence-electron chi connectivity index (χ3n) is 2.64. The van der Waals surface area contributed by atoms with E-state index in [0.29, 0.717) is 18.1 Å². The molecule has 0 aromatic carbocycles. The second-order valence-electron chi connectivity index (χ2n) is 5.71. The van der Waals surface area contributed by atoms with Crippen molar-refractivity contribution < 1.29 is 4.42 Å². The van der Waals surface area contributed by atoms with Gasteiger partial charge >= 0.3 is 0 Å². The van der Waals surface area contributed by atoms with Gasteiger partial charge in [0.2, 0.25) is 5.82 Å². The highest BCUT2D eigenvalue weighted by Gasteiger charge is 2.12. The zero-order valence-electron chi connectivity index (χ0n) is 12.9. The van der Waals surface area contributed by atoms with E-state index in [2.05, 4.69) is 51.6 Å². The molecule has 0 amide bonds. The Hall–Kier alpha value is -2.31. The minimum atomic E-state index is -0.0272. The number of aromatic amines is 1. The van der Waals surface area contributed by atoms with Gasteiger partial charge in [-0.15, -0.1) is 0 Å². The molecule has 0 spiro atoms. The molecule has 2 rings (SSSR count). The van der Waals surface area contributed by atoms with Gasteiger partial charge in [-0.2, -0.15) is 5.10 Å². The standard InChI is InChI=1S/C14H22N6O/c1-14(2,3)18-13(15-4)16-8-7-11-17-12(20-19-11)10-6-5-9-21-10/h5-6,9H,7-8H2,1-4H3,(H2,15,16,18)(H,17,19,20). The van der Waals surface area contributed by atoms with Crippen molar-refractivity contribution in [1.82, 2.24) is 25.8 Å². The van der Waals surface area contributed by atoms with Gasteiger partial charge in [0.1, 0.15) is 5.82 Å². The van der Waals surface area contributed by atoms with E-state index in [1.165, 1.54) is 0 Å². The fourth-order valence-electron chi connectivity index (χ4n) is 1.76. The van der Waals surface area contributed by atoms with Crippen LogP contribution < -0.4 is 10.6 Å². The topological polar surface area (TPSA) is 91.1 Å². The summed E-state index contributed by atoms with van der Waals surface area (Å²) in [5, 5.41) is 13.6. The first kappa shape index (κ1) is 15.1. The number of nitrogens with one attached hydrogen (secondary N) is 3. The Morgan fingerprint density at radius 1 is 1.43 bits per heavy atom. The van der Waals surface area contributed by atoms with E-state index < -0.39 is 0 Å². The zero-order chi connectivity index (χ0) is 15.3. The summed E-state index contributed by atoms with van der Waals surface area (Å²) >= 11 is 0. The maximum absolute atomic E-state index is 5.26. The fraction of sp³-hybridized carbons (Fsp3) is 0.500. The van der Waals surface area contributed by atoms with Gasteiger partial charge in [-0.05, 0) is 32.9 Å². The second-order valence-corrected chi connectivity index (χ2v) is 5.71. The van der Waals surface area contributed by atoms with E-state index in [4.69, 9.17) is 4.42 Å². The number of hydrogen-bond donors (Lipinski definition) is 3. The Labute approximate surface area is 124 Å². The van der Waals surface area contributed by atoms with Crippen molar-refractivity contribution in [2.75, 3.05) is 13.6 Å². The Morgan fingerprint density at radius 2 is 2.24 bits per heavy atom. The first-order valence-corrected chi connectivity index (χ1v) is 6.92. The van der Waals surface area contributed by atoms with Crippen LogP contribution in [0.5, 0.6) is 0 Å². The molecule has 114 valence electrons. The van der Waals surface area contributed by atoms with Gasteiger partial charge in [-0.1, -0.05) is 0 Å². The van der Waals surface area contributed by atoms with E-state index in [0.717, 1.165) is 18.2 Å². The molecule has 0 aliphatic heterocycles. The smallest absolute Gasteiger partial charge is 0.216 e. The molecule has 0 saturated carbocycles. The Morgan fingerprint density at radius 3 is 2.86 bits per heavy atom. The van der Waals surface area contributed by atoms with Gasteiger partial charge in [0.15, 0.2) is 11.7 Å². The molecule has 0 unspecified atom stereocenters. The molecule has 21 heavy (non-hydrogen) atoms. The summed E-state index contributed by atoms with van der Waals surface area (Å²) in [7, 11) is 1.75. The summed E-state index contributed by atoms with van der Waals surface area (Å²) in [6.07, 6.45) is 2.33. The minimum absolute atomic E-state index is 0.0272. The summed E-state index contributed by atoms with van der Waals surface area (Å²) in [6.45, 7) is 6.98. The van der Waals surface area contributed by atoms with Gasteiger partial charge in [-0.25, -0.2) is 4.98 Å². The second kappa shape index (κ2) is 6.43. The largest absolute Gasteiger partial charge is 0.461 e. The summed E-state index contributed by atoms with van der Waals surface area (Å²) in [5.41, 5.74) is -0.0272. The van der Waals surface area contributed by atoms with Crippen molar-refractivity contribution in [3.8, 4) is 11.6 Å². The third kappa shape index (κ3) is 4.62. The number of guanidine groups is 1. The van der Waals surface area contributed by atoms with Gasteiger partial charge in [-0.3, -0.25) is 10.1 Å². The average Bonchev–Trinajstić information content (AvgIpc) is 3.06. The molecular weight excluding hydrogens is 268 g/mol. The molecular formula is C14H22N6O. The van der Waals surface area contributed by atoms with Crippen molar-refractivity contribution in [1.29, 1.82) is 0 Å². The third-order valence-corrected chi connectivity index (χ3v) is 2.64. The van der Waals surface area contributed by atoms with E-state index >= 15 is 0 Å². The van der Waals surface area contributed by atoms with Crippen LogP contribution in [0, 0.1) is 0 Å². The molecule has 7 nitrogen and oxygen atoms in total. The van der Waals surface area contributed by atoms with Crippen LogP contribution in [-0.2, 0) is 6.42 Å². The van der Waals surface area contributed by atoms with Crippen LogP contribution >= 0.6 is 0 Å². The van der Waals surface area contributed by atoms with Crippen molar-refractivity contribution >= 4 is 5.96 Å². The Kier molecular flexibility index (Phi) is 4.62. The van der Waals surface area contributed by atoms with Gasteiger partial charge in [0.25, 0.3) is 0 Å². The molecule has 0 bridgehead atoms. The zero-order valence-corrected chi connectivity index (χ0v) is 12.9. The molecule has 2 aromatic heterocycles. The van der Waals surface area contributed by atoms with E-state index in [-0.39, 0.29) is 5.54 Å². The highest BCUT2D eigenvalue weighted by molar-refractivity contribution is 5.80. The molecule has 2 heterocycles. The lowest BCUT2D eigenvalue weighted by Gasteiger charge is -2.23. The van der Waals surface area contributed by atoms with Crippen LogP contribution in [0.2, 0.25) is 0 Å². The molecule has 0 saturated heterocycles. The van der Waals surface area contributed by atoms with Crippen LogP contribution in [0.3, 0.4) is 0 Å². The van der Waals surface area contributed by atoms with Gasteiger partial charge in [0, 0.05) is 25.6 Å². The van der Waals surface area contributed by atoms with Crippen molar-refractivity contribution in [3.05, 3.63) is 24.2 Å². The van der Waals surface area contributed by atoms with Crippen LogP contribution in [-0.4, -0.2) is 40.3 Å². The number of aromatic nitrogens is 3. The van der Waals surface area contributed by atoms with Crippen LogP contribution in [0.1, 0.15) is 26.6 Å². The maximum atomic E-state index is 5.26. The highest BCUT2D eigenvalue weighted by atomic mass is 16.3. The van der Waals surface area contributed by atoms with Crippen LogP contribution in [0.25, 0.3) is 11.6 Å². The minimum Gasteiger partial charge on any atom is -0.461 e. The molecule has 0 aliphatic rings. The number of rotatable bonds is 4. The van der Waals surface area contributed by atoms with Gasteiger partial charge < -0.3 is 15.1 Å². The lowest BCUT2D eigenvalue weighted by molar-refractivity contribution is 0.501. The fourth-order valence-corrected chi connectivity index (χ4v) is 1.76. The first-order chi connectivity index (χ1) is 9.98. The first-order valence-electron chi connectivity index (χ1n) is 6.92. The number of aliphatic imine (C=N–C) groups is 1. The molecule has 0 atom stereocenters. The molecule has 7 heteroatoms. The lowest BCUT2D eigenvalue weighted by Crippen LogP contribution is -2.48. The van der Waals surface area contributed by atoms with Crippen LogP contribution in [0.15, 0.2) is 27.8 Å². The summed E-state index contributed by atoms with van der Waals surface area (Å²) in [4.78, 5) is 8.57. The summed E-state index contributed by atoms with van der Waals surface area (Å²) in [5.74, 6) is 2.82. The van der Waals surface area contributed by atoms with Crippen molar-refractivity contribution in [2.24, 2.45) is 4.99 Å². The SMILES string of the molecule is CN=C(NCCc1nc(-c2ccco2)n[nH]1)NC(C)(C)C. The van der Waals surface area contributed by atoms with Gasteiger partial charge in [0.05, 0.1) is 6.26 Å². The molecule has 2 aromatic rings. The Balaban J connectivity index is 1.84. The average molecular weight is 290 g/mol. The quantitative estimate of drug-likeness (QED) is 0.587. The maximum Gasteiger partial charge on any atom is 0.216 e. The molecule has 0 radical (unpaired) electrons. The number of furan rings is 1. The summed E-state index contributed by atoms with van der Waals surface area (Å²) in [6, 6.07) is 3.65. The predicted molar refractivity (Wildman–Crippen MR) is 82.0 cm³/mol. The number of nitrogens with zero attached hydrogens (tertiary/aromatic N) is 3. The monoisotopic (exact) mass is 290 g/mol. The van der Waals surface area contributed by atoms with Crippen LogP contribution in [0.4, 0.5) is 0 Å². The highest BCUT2D eigenvalue weighted by Crippen LogP contribution is 2.14. The molecule has 0 aliphatic carbocycles. The lowest BCUT2D eigenvalue weighted by atomic mass is 10.1. The molecule has 3 N–H and O–H groups in total. The van der Waals surface area contributed by atoms with E-state index in [9.17, 15) is 0 Å².